The maximum absolute atomic E-state index is 7.00. The minimum absolute atomic E-state index is 0.400. The summed E-state index contributed by atoms with van der Waals surface area (Å²) in [5.74, 6) is 2.39. The third-order valence-corrected chi connectivity index (χ3v) is 5.56. The first kappa shape index (κ1) is 20.1. The Hall–Kier alpha value is -1.20. The average Bonchev–Trinajstić information content (AvgIpc) is 2.99. The van der Waals surface area contributed by atoms with Gasteiger partial charge in [0.25, 0.3) is 0 Å². The number of nitrogens with two attached hydrogens (primary N) is 1. The van der Waals surface area contributed by atoms with E-state index in [0.29, 0.717) is 17.7 Å². The van der Waals surface area contributed by atoms with Gasteiger partial charge in [-0.25, -0.2) is 4.99 Å². The predicted molar refractivity (Wildman–Crippen MR) is 109 cm³/mol. The molecule has 1 heterocycles. The smallest absolute Gasteiger partial charge is 0.181 e. The second-order valence-electron chi connectivity index (χ2n) is 7.59. The summed E-state index contributed by atoms with van der Waals surface area (Å²) < 4.78 is 1.08. The Morgan fingerprint density at radius 3 is 2.52 bits per heavy atom. The van der Waals surface area contributed by atoms with Crippen LogP contribution in [0, 0.1) is 17.8 Å². The molecule has 4 nitrogen and oxygen atoms in total. The van der Waals surface area contributed by atoms with Crippen molar-refractivity contribution in [3.8, 4) is 0 Å². The van der Waals surface area contributed by atoms with E-state index in [-0.39, 0.29) is 0 Å². The van der Waals surface area contributed by atoms with Crippen LogP contribution < -0.4 is 5.73 Å². The molecular formula is C20H30BrN3O. The van der Waals surface area contributed by atoms with E-state index < -0.39 is 5.66 Å². The zero-order chi connectivity index (χ0) is 18.8. The Balaban J connectivity index is 0.00000109. The van der Waals surface area contributed by atoms with Crippen LogP contribution in [0.1, 0.15) is 51.7 Å². The summed E-state index contributed by atoms with van der Waals surface area (Å²) in [4.78, 5) is 9.83. The molecule has 0 radical (unpaired) electrons. The van der Waals surface area contributed by atoms with Crippen LogP contribution in [0.15, 0.2) is 32.7 Å². The standard InChI is InChI=1S/C19H26BrN3.CH4O/c1-11(2)7-12(3)8-15-9-14-5-6-16(20)10-17(14)19(15)22-13(4)18(21)23-19;1-2/h5-6,10-12,15H,7-9H2,1-4H3,(H2,21,23);2H,1H3. The number of hydrogen-bond donors (Lipinski definition) is 2. The molecule has 0 aromatic heterocycles. The molecule has 3 unspecified atom stereocenters. The van der Waals surface area contributed by atoms with Crippen LogP contribution in [-0.2, 0) is 12.1 Å². The summed E-state index contributed by atoms with van der Waals surface area (Å²) in [6.45, 7) is 8.91. The third-order valence-electron chi connectivity index (χ3n) is 5.06. The van der Waals surface area contributed by atoms with Gasteiger partial charge in [-0.1, -0.05) is 42.8 Å². The zero-order valence-corrected chi connectivity index (χ0v) is 17.5. The number of aliphatic hydroxyl groups is 1. The van der Waals surface area contributed by atoms with Crippen molar-refractivity contribution < 1.29 is 5.11 Å². The van der Waals surface area contributed by atoms with Crippen LogP contribution in [0.4, 0.5) is 0 Å². The largest absolute Gasteiger partial charge is 0.400 e. The zero-order valence-electron chi connectivity index (χ0n) is 15.9. The lowest BCUT2D eigenvalue weighted by atomic mass is 9.83. The number of aliphatic imine (C=N–C) groups is 2. The number of nitrogens with zero attached hydrogens (tertiary/aromatic N) is 2. The van der Waals surface area contributed by atoms with Gasteiger partial charge in [0.1, 0.15) is 5.84 Å². The van der Waals surface area contributed by atoms with Gasteiger partial charge in [-0.15, -0.1) is 0 Å². The molecule has 1 aromatic carbocycles. The highest BCUT2D eigenvalue weighted by Crippen LogP contribution is 2.50. The fourth-order valence-corrected chi connectivity index (χ4v) is 4.60. The second-order valence-corrected chi connectivity index (χ2v) is 8.51. The van der Waals surface area contributed by atoms with E-state index in [2.05, 4.69) is 54.9 Å². The monoisotopic (exact) mass is 407 g/mol. The summed E-state index contributed by atoms with van der Waals surface area (Å²) in [6.07, 6.45) is 3.42. The Kier molecular flexibility index (Phi) is 6.44. The van der Waals surface area contributed by atoms with Crippen molar-refractivity contribution in [1.82, 2.24) is 0 Å². The van der Waals surface area contributed by atoms with Crippen molar-refractivity contribution in [3.05, 3.63) is 33.8 Å². The lowest BCUT2D eigenvalue weighted by Crippen LogP contribution is -2.28. The molecule has 3 rings (SSSR count). The molecule has 3 N–H and O–H groups in total. The van der Waals surface area contributed by atoms with Gasteiger partial charge in [0.05, 0.1) is 5.71 Å². The van der Waals surface area contributed by atoms with Crippen LogP contribution in [0.2, 0.25) is 0 Å². The molecule has 0 saturated heterocycles. The van der Waals surface area contributed by atoms with E-state index in [0.717, 1.165) is 36.1 Å². The first-order chi connectivity index (χ1) is 11.8. The molecule has 0 bridgehead atoms. The molecule has 3 atom stereocenters. The minimum atomic E-state index is -0.488. The molecule has 138 valence electrons. The number of benzene rings is 1. The van der Waals surface area contributed by atoms with Crippen molar-refractivity contribution in [2.75, 3.05) is 7.11 Å². The second kappa shape index (κ2) is 8.00. The maximum atomic E-state index is 7.00. The van der Waals surface area contributed by atoms with E-state index in [1.165, 1.54) is 17.5 Å². The molecule has 1 spiro atoms. The average molecular weight is 408 g/mol. The first-order valence-electron chi connectivity index (χ1n) is 8.97. The molecule has 2 aliphatic rings. The van der Waals surface area contributed by atoms with Crippen LogP contribution in [0.5, 0.6) is 0 Å². The highest BCUT2D eigenvalue weighted by atomic mass is 79.9. The number of halogens is 1. The van der Waals surface area contributed by atoms with Crippen molar-refractivity contribution in [3.63, 3.8) is 0 Å². The first-order valence-corrected chi connectivity index (χ1v) is 9.77. The van der Waals surface area contributed by atoms with Gasteiger partial charge in [0.15, 0.2) is 5.66 Å². The van der Waals surface area contributed by atoms with Crippen LogP contribution in [0.3, 0.4) is 0 Å². The highest BCUT2D eigenvalue weighted by Gasteiger charge is 2.49. The summed E-state index contributed by atoms with van der Waals surface area (Å²) in [5.41, 5.74) is 9.09. The van der Waals surface area contributed by atoms with Crippen molar-refractivity contribution >= 4 is 27.5 Å². The molecule has 0 amide bonds. The van der Waals surface area contributed by atoms with Crippen LogP contribution >= 0.6 is 15.9 Å². The summed E-state index contributed by atoms with van der Waals surface area (Å²) in [6, 6.07) is 6.51. The minimum Gasteiger partial charge on any atom is -0.400 e. The molecule has 25 heavy (non-hydrogen) atoms. The predicted octanol–water partition coefficient (Wildman–Crippen LogP) is 4.29. The lowest BCUT2D eigenvalue weighted by molar-refractivity contribution is 0.250. The van der Waals surface area contributed by atoms with Crippen molar-refractivity contribution in [1.29, 1.82) is 0 Å². The molecule has 0 saturated carbocycles. The van der Waals surface area contributed by atoms with E-state index in [4.69, 9.17) is 20.8 Å². The van der Waals surface area contributed by atoms with Gasteiger partial charge in [0, 0.05) is 23.1 Å². The topological polar surface area (TPSA) is 71.0 Å². The Labute approximate surface area is 159 Å². The van der Waals surface area contributed by atoms with E-state index in [1.807, 2.05) is 6.92 Å². The molecule has 1 aliphatic carbocycles. The summed E-state index contributed by atoms with van der Waals surface area (Å²) in [5, 5.41) is 7.00. The van der Waals surface area contributed by atoms with E-state index in [1.54, 1.807) is 0 Å². The highest BCUT2D eigenvalue weighted by molar-refractivity contribution is 9.10. The quantitative estimate of drug-likeness (QED) is 0.781. The van der Waals surface area contributed by atoms with Crippen molar-refractivity contribution in [2.45, 2.75) is 52.6 Å². The van der Waals surface area contributed by atoms with E-state index in [9.17, 15) is 0 Å². The van der Waals surface area contributed by atoms with Crippen LogP contribution in [-0.4, -0.2) is 23.8 Å². The number of aliphatic hydroxyl groups excluding tert-OH is 1. The maximum Gasteiger partial charge on any atom is 0.181 e. The number of fused-ring (bicyclic) bond motifs is 2. The number of hydrogen-bond acceptors (Lipinski definition) is 4. The van der Waals surface area contributed by atoms with Crippen LogP contribution in [0.25, 0.3) is 0 Å². The van der Waals surface area contributed by atoms with Gasteiger partial charge < -0.3 is 10.8 Å². The number of rotatable bonds is 4. The fourth-order valence-electron chi connectivity index (χ4n) is 4.24. The van der Waals surface area contributed by atoms with Crippen molar-refractivity contribution in [2.24, 2.45) is 33.5 Å². The normalized spacial score (nSPS) is 25.4. The summed E-state index contributed by atoms with van der Waals surface area (Å²) in [7, 11) is 1.00. The molecular weight excluding hydrogens is 378 g/mol. The van der Waals surface area contributed by atoms with Gasteiger partial charge >= 0.3 is 0 Å². The SMILES string of the molecule is CC1=NC2(N=C1N)c1cc(Br)ccc1CC2CC(C)CC(C)C.CO. The van der Waals surface area contributed by atoms with Gasteiger partial charge in [0.2, 0.25) is 0 Å². The Morgan fingerprint density at radius 1 is 1.28 bits per heavy atom. The number of amidine groups is 1. The molecule has 0 fully saturated rings. The molecule has 1 aromatic rings. The Morgan fingerprint density at radius 2 is 1.96 bits per heavy atom. The van der Waals surface area contributed by atoms with E-state index >= 15 is 0 Å². The Bertz CT molecular complexity index is 664. The summed E-state index contributed by atoms with van der Waals surface area (Å²) >= 11 is 3.60. The lowest BCUT2D eigenvalue weighted by Gasteiger charge is -2.29. The third kappa shape index (κ3) is 3.98. The van der Waals surface area contributed by atoms with Gasteiger partial charge in [-0.05, 0) is 55.7 Å². The van der Waals surface area contributed by atoms with Gasteiger partial charge in [-0.2, -0.15) is 0 Å². The molecule has 1 aliphatic heterocycles. The van der Waals surface area contributed by atoms with Gasteiger partial charge in [-0.3, -0.25) is 4.99 Å². The molecule has 5 heteroatoms. The fraction of sp³-hybridized carbons (Fsp3) is 0.600.